The summed E-state index contributed by atoms with van der Waals surface area (Å²) >= 11 is 12.1. The molecule has 1 heterocycles. The highest BCUT2D eigenvalue weighted by molar-refractivity contribution is 6.34. The van der Waals surface area contributed by atoms with Crippen molar-refractivity contribution in [3.8, 4) is 0 Å². The molecule has 0 bridgehead atoms. The fraction of sp³-hybridized carbons (Fsp3) is 0.611. The first-order valence-corrected chi connectivity index (χ1v) is 9.34. The second-order valence-electron chi connectivity index (χ2n) is 6.93. The van der Waals surface area contributed by atoms with Gasteiger partial charge >= 0.3 is 5.97 Å². The van der Waals surface area contributed by atoms with Gasteiger partial charge in [-0.25, -0.2) is 0 Å². The van der Waals surface area contributed by atoms with E-state index in [1.807, 2.05) is 26.0 Å². The third-order valence-corrected chi connectivity index (χ3v) is 4.58. The molecular weight excluding hydrogens is 363 g/mol. The van der Waals surface area contributed by atoms with Gasteiger partial charge in [-0.15, -0.1) is 0 Å². The predicted molar refractivity (Wildman–Crippen MR) is 100 cm³/mol. The van der Waals surface area contributed by atoms with Gasteiger partial charge in [-0.05, 0) is 36.1 Å². The van der Waals surface area contributed by atoms with Gasteiger partial charge in [-0.3, -0.25) is 9.69 Å². The highest BCUT2D eigenvalue weighted by atomic mass is 35.5. The molecule has 0 radical (unpaired) electrons. The molecule has 2 N–H and O–H groups in total. The molecule has 2 atom stereocenters. The van der Waals surface area contributed by atoms with Crippen molar-refractivity contribution in [3.63, 3.8) is 0 Å². The molecule has 7 heteroatoms. The summed E-state index contributed by atoms with van der Waals surface area (Å²) in [7, 11) is 0. The zero-order valence-corrected chi connectivity index (χ0v) is 16.2. The lowest BCUT2D eigenvalue weighted by Gasteiger charge is -2.33. The number of carboxylic acids is 1. The lowest BCUT2D eigenvalue weighted by molar-refractivity contribution is -0.140. The number of benzene rings is 1. The maximum Gasteiger partial charge on any atom is 0.320 e. The van der Waals surface area contributed by atoms with E-state index >= 15 is 0 Å². The van der Waals surface area contributed by atoms with Crippen LogP contribution in [0.1, 0.15) is 25.8 Å². The van der Waals surface area contributed by atoms with Crippen LogP contribution in [0.15, 0.2) is 18.2 Å². The van der Waals surface area contributed by atoms with Gasteiger partial charge < -0.3 is 15.2 Å². The Hall–Kier alpha value is -0.850. The minimum Gasteiger partial charge on any atom is -0.480 e. The lowest BCUT2D eigenvalue weighted by atomic mass is 10.0. The van der Waals surface area contributed by atoms with Crippen LogP contribution < -0.4 is 5.32 Å². The quantitative estimate of drug-likeness (QED) is 0.715. The summed E-state index contributed by atoms with van der Waals surface area (Å²) in [6.45, 7) is 7.51. The fourth-order valence-electron chi connectivity index (χ4n) is 3.02. The van der Waals surface area contributed by atoms with Gasteiger partial charge in [0, 0.05) is 36.2 Å². The summed E-state index contributed by atoms with van der Waals surface area (Å²) in [6, 6.07) is 5.02. The minimum atomic E-state index is -0.810. The molecule has 1 saturated heterocycles. The number of nitrogens with one attached hydrogen (secondary N) is 1. The zero-order valence-electron chi connectivity index (χ0n) is 14.7. The average Bonchev–Trinajstić information content (AvgIpc) is 2.50. The highest BCUT2D eigenvalue weighted by Crippen LogP contribution is 2.21. The van der Waals surface area contributed by atoms with Crippen LogP contribution in [0.25, 0.3) is 0 Å². The molecule has 1 aromatic carbocycles. The second kappa shape index (κ2) is 9.74. The topological polar surface area (TPSA) is 61.8 Å². The molecule has 140 valence electrons. The third-order valence-electron chi connectivity index (χ3n) is 4.15. The van der Waals surface area contributed by atoms with E-state index < -0.39 is 12.0 Å². The first-order chi connectivity index (χ1) is 11.8. The van der Waals surface area contributed by atoms with Gasteiger partial charge in [0.1, 0.15) is 6.04 Å². The van der Waals surface area contributed by atoms with E-state index in [1.54, 1.807) is 6.07 Å². The summed E-state index contributed by atoms with van der Waals surface area (Å²) < 4.78 is 5.78. The van der Waals surface area contributed by atoms with Crippen LogP contribution in [0.5, 0.6) is 0 Å². The van der Waals surface area contributed by atoms with E-state index in [1.165, 1.54) is 0 Å². The number of halogens is 2. The molecule has 1 aliphatic rings. The molecule has 0 aliphatic carbocycles. The largest absolute Gasteiger partial charge is 0.480 e. The molecular formula is C18H26Cl2N2O3. The fourth-order valence-corrected chi connectivity index (χ4v) is 3.60. The number of hydrogen-bond donors (Lipinski definition) is 2. The molecule has 25 heavy (non-hydrogen) atoms. The number of ether oxygens (including phenoxy) is 1. The minimum absolute atomic E-state index is 0.0302. The van der Waals surface area contributed by atoms with Gasteiger partial charge in [0.05, 0.1) is 12.7 Å². The van der Waals surface area contributed by atoms with E-state index in [-0.39, 0.29) is 6.10 Å². The zero-order chi connectivity index (χ0) is 18.4. The van der Waals surface area contributed by atoms with Crippen molar-refractivity contribution >= 4 is 29.2 Å². The summed E-state index contributed by atoms with van der Waals surface area (Å²) in [6.07, 6.45) is 0.574. The summed E-state index contributed by atoms with van der Waals surface area (Å²) in [5.41, 5.74) is 1.06. The van der Waals surface area contributed by atoms with Gasteiger partial charge in [0.25, 0.3) is 0 Å². The van der Waals surface area contributed by atoms with E-state index in [0.29, 0.717) is 35.5 Å². The SMILES string of the molecule is CC(C)CC(NCC1CN(Cc2cc(Cl)cc(Cl)c2)CCO1)C(=O)O. The average molecular weight is 389 g/mol. The smallest absolute Gasteiger partial charge is 0.320 e. The van der Waals surface area contributed by atoms with Crippen molar-refractivity contribution < 1.29 is 14.6 Å². The number of aliphatic carboxylic acids is 1. The van der Waals surface area contributed by atoms with Gasteiger partial charge in [0.15, 0.2) is 0 Å². The lowest BCUT2D eigenvalue weighted by Crippen LogP contribution is -2.49. The van der Waals surface area contributed by atoms with Crippen LogP contribution >= 0.6 is 23.2 Å². The Balaban J connectivity index is 1.86. The number of nitrogens with zero attached hydrogens (tertiary/aromatic N) is 1. The van der Waals surface area contributed by atoms with E-state index in [2.05, 4.69) is 10.2 Å². The Morgan fingerprint density at radius 2 is 2.04 bits per heavy atom. The number of morpholine rings is 1. The summed E-state index contributed by atoms with van der Waals surface area (Å²) in [5.74, 6) is -0.486. The van der Waals surface area contributed by atoms with Crippen LogP contribution in [0.4, 0.5) is 0 Å². The first-order valence-electron chi connectivity index (χ1n) is 8.58. The molecule has 0 aromatic heterocycles. The van der Waals surface area contributed by atoms with E-state index in [9.17, 15) is 9.90 Å². The molecule has 0 amide bonds. The Labute approximate surface area is 159 Å². The van der Waals surface area contributed by atoms with Crippen molar-refractivity contribution in [1.82, 2.24) is 10.2 Å². The van der Waals surface area contributed by atoms with Crippen LogP contribution in [0.2, 0.25) is 10.0 Å². The monoisotopic (exact) mass is 388 g/mol. The van der Waals surface area contributed by atoms with Crippen LogP contribution in [0.3, 0.4) is 0 Å². The van der Waals surface area contributed by atoms with Crippen molar-refractivity contribution in [2.75, 3.05) is 26.2 Å². The third kappa shape index (κ3) is 7.12. The van der Waals surface area contributed by atoms with Crippen molar-refractivity contribution in [2.24, 2.45) is 5.92 Å². The standard InChI is InChI=1S/C18H26Cl2N2O3/c1-12(2)5-17(18(23)24)21-9-16-11-22(3-4-25-16)10-13-6-14(19)8-15(20)7-13/h6-8,12,16-17,21H,3-5,9-11H2,1-2H3,(H,23,24). The number of hydrogen-bond acceptors (Lipinski definition) is 4. The Morgan fingerprint density at radius 3 is 2.64 bits per heavy atom. The van der Waals surface area contributed by atoms with Crippen molar-refractivity contribution in [3.05, 3.63) is 33.8 Å². The molecule has 1 fully saturated rings. The maximum atomic E-state index is 11.3. The molecule has 1 aliphatic heterocycles. The van der Waals surface area contributed by atoms with Gasteiger partial charge in [-0.1, -0.05) is 37.0 Å². The van der Waals surface area contributed by atoms with Crippen molar-refractivity contribution in [2.45, 2.75) is 39.0 Å². The first kappa shape index (κ1) is 20.5. The summed E-state index contributed by atoms with van der Waals surface area (Å²) in [4.78, 5) is 13.6. The van der Waals surface area contributed by atoms with Crippen LogP contribution in [0, 0.1) is 5.92 Å². The maximum absolute atomic E-state index is 11.3. The molecule has 2 unspecified atom stereocenters. The Kier molecular flexibility index (Phi) is 7.97. The van der Waals surface area contributed by atoms with Gasteiger partial charge in [0.2, 0.25) is 0 Å². The Bertz CT molecular complexity index is 563. The van der Waals surface area contributed by atoms with E-state index in [0.717, 1.165) is 25.2 Å². The van der Waals surface area contributed by atoms with Crippen LogP contribution in [-0.2, 0) is 16.1 Å². The van der Waals surface area contributed by atoms with Crippen molar-refractivity contribution in [1.29, 1.82) is 0 Å². The number of carbonyl (C=O) groups is 1. The molecule has 2 rings (SSSR count). The van der Waals surface area contributed by atoms with Gasteiger partial charge in [-0.2, -0.15) is 0 Å². The second-order valence-corrected chi connectivity index (χ2v) is 7.81. The Morgan fingerprint density at radius 1 is 1.36 bits per heavy atom. The molecule has 0 saturated carbocycles. The van der Waals surface area contributed by atoms with Crippen LogP contribution in [-0.4, -0.2) is 54.4 Å². The molecule has 0 spiro atoms. The number of rotatable bonds is 8. The highest BCUT2D eigenvalue weighted by Gasteiger charge is 2.24. The molecule has 5 nitrogen and oxygen atoms in total. The van der Waals surface area contributed by atoms with E-state index in [4.69, 9.17) is 27.9 Å². The normalized spacial score (nSPS) is 20.0. The summed E-state index contributed by atoms with van der Waals surface area (Å²) in [5, 5.41) is 13.7. The number of carboxylic acid groups (broad SMARTS) is 1. The molecule has 1 aromatic rings. The predicted octanol–water partition coefficient (Wildman–Crippen LogP) is 3.28.